The van der Waals surface area contributed by atoms with E-state index in [-0.39, 0.29) is 11.9 Å². The predicted octanol–water partition coefficient (Wildman–Crippen LogP) is 1.87. The van der Waals surface area contributed by atoms with Crippen LogP contribution in [0.25, 0.3) is 5.69 Å². The van der Waals surface area contributed by atoms with E-state index >= 15 is 0 Å². The van der Waals surface area contributed by atoms with Gasteiger partial charge in [-0.25, -0.2) is 9.67 Å². The number of aromatic nitrogens is 3. The Balaban J connectivity index is 1.57. The minimum absolute atomic E-state index is 0.0738. The third-order valence-corrected chi connectivity index (χ3v) is 4.67. The molecule has 0 spiro atoms. The number of hydrogen-bond acceptors (Lipinski definition) is 5. The summed E-state index contributed by atoms with van der Waals surface area (Å²) in [6.45, 7) is 1.12. The van der Waals surface area contributed by atoms with Crippen molar-refractivity contribution in [3.05, 3.63) is 29.8 Å². The number of carbonyl (C=O) groups is 1. The van der Waals surface area contributed by atoms with Crippen molar-refractivity contribution >= 4 is 5.91 Å². The normalized spacial score (nSPS) is 22.5. The number of carbonyl (C=O) groups excluding carboxylic acids is 1. The largest absolute Gasteiger partial charge is 0.486 e. The first-order valence-corrected chi connectivity index (χ1v) is 8.44. The molecule has 0 unspecified atom stereocenters. The van der Waals surface area contributed by atoms with Crippen LogP contribution in [-0.4, -0.2) is 33.9 Å². The SMILES string of the molecule is O=C1CC[C@H](c2nc(C3CC3)nn2-c2ccc3c(c2)OCCO3)N1. The maximum Gasteiger partial charge on any atom is 0.220 e. The van der Waals surface area contributed by atoms with E-state index in [1.54, 1.807) is 0 Å². The minimum atomic E-state index is -0.0781. The number of amides is 1. The molecule has 1 atom stereocenters. The van der Waals surface area contributed by atoms with Crippen LogP contribution >= 0.6 is 0 Å². The lowest BCUT2D eigenvalue weighted by atomic mass is 10.2. The molecule has 0 bridgehead atoms. The third-order valence-electron chi connectivity index (χ3n) is 4.67. The Labute approximate surface area is 139 Å². The Bertz CT molecular complexity index is 812. The minimum Gasteiger partial charge on any atom is -0.486 e. The summed E-state index contributed by atoms with van der Waals surface area (Å²) in [5.41, 5.74) is 0.884. The van der Waals surface area contributed by atoms with Crippen molar-refractivity contribution in [1.29, 1.82) is 0 Å². The van der Waals surface area contributed by atoms with Gasteiger partial charge in [-0.2, -0.15) is 5.10 Å². The summed E-state index contributed by atoms with van der Waals surface area (Å²) in [5, 5.41) is 7.72. The van der Waals surface area contributed by atoms with E-state index in [1.807, 2.05) is 22.9 Å². The van der Waals surface area contributed by atoms with Gasteiger partial charge < -0.3 is 14.8 Å². The maximum absolute atomic E-state index is 11.6. The molecule has 24 heavy (non-hydrogen) atoms. The molecular weight excluding hydrogens is 308 g/mol. The molecule has 1 amide bonds. The summed E-state index contributed by atoms with van der Waals surface area (Å²) in [4.78, 5) is 16.4. The van der Waals surface area contributed by atoms with Gasteiger partial charge >= 0.3 is 0 Å². The van der Waals surface area contributed by atoms with E-state index in [9.17, 15) is 4.79 Å². The zero-order chi connectivity index (χ0) is 16.1. The van der Waals surface area contributed by atoms with Gasteiger partial charge in [-0.3, -0.25) is 4.79 Å². The fraction of sp³-hybridized carbons (Fsp3) is 0.471. The monoisotopic (exact) mass is 326 g/mol. The summed E-state index contributed by atoms with van der Waals surface area (Å²) in [6.07, 6.45) is 3.58. The summed E-state index contributed by atoms with van der Waals surface area (Å²) in [6, 6.07) is 5.71. The molecule has 1 aromatic carbocycles. The van der Waals surface area contributed by atoms with Crippen molar-refractivity contribution in [3.8, 4) is 17.2 Å². The van der Waals surface area contributed by atoms with E-state index in [4.69, 9.17) is 19.6 Å². The highest BCUT2D eigenvalue weighted by Gasteiger charge is 2.33. The quantitative estimate of drug-likeness (QED) is 0.931. The van der Waals surface area contributed by atoms with Crippen molar-refractivity contribution in [1.82, 2.24) is 20.1 Å². The highest BCUT2D eigenvalue weighted by molar-refractivity contribution is 5.78. The number of benzene rings is 1. The second-order valence-corrected chi connectivity index (χ2v) is 6.50. The first-order valence-electron chi connectivity index (χ1n) is 8.44. The van der Waals surface area contributed by atoms with Crippen LogP contribution in [0, 0.1) is 0 Å². The molecule has 2 aromatic rings. The average molecular weight is 326 g/mol. The lowest BCUT2D eigenvalue weighted by molar-refractivity contribution is -0.119. The zero-order valence-electron chi connectivity index (χ0n) is 13.2. The molecule has 7 nitrogen and oxygen atoms in total. The second kappa shape index (κ2) is 5.22. The third kappa shape index (κ3) is 2.31. The van der Waals surface area contributed by atoms with Crippen molar-refractivity contribution < 1.29 is 14.3 Å². The van der Waals surface area contributed by atoms with Crippen LogP contribution in [0.2, 0.25) is 0 Å². The van der Waals surface area contributed by atoms with Crippen LogP contribution in [0.4, 0.5) is 0 Å². The van der Waals surface area contributed by atoms with Gasteiger partial charge in [0.2, 0.25) is 5.91 Å². The van der Waals surface area contributed by atoms with Crippen LogP contribution in [-0.2, 0) is 4.79 Å². The van der Waals surface area contributed by atoms with E-state index < -0.39 is 0 Å². The smallest absolute Gasteiger partial charge is 0.220 e. The molecule has 124 valence electrons. The van der Waals surface area contributed by atoms with E-state index in [0.29, 0.717) is 25.6 Å². The van der Waals surface area contributed by atoms with Crippen molar-refractivity contribution in [2.24, 2.45) is 0 Å². The lowest BCUT2D eigenvalue weighted by Crippen LogP contribution is -2.22. The van der Waals surface area contributed by atoms with Gasteiger partial charge in [-0.15, -0.1) is 0 Å². The van der Waals surface area contributed by atoms with Crippen molar-refractivity contribution in [2.75, 3.05) is 13.2 Å². The first-order chi connectivity index (χ1) is 11.8. The Morgan fingerprint density at radius 2 is 1.96 bits per heavy atom. The maximum atomic E-state index is 11.6. The number of ether oxygens (including phenoxy) is 2. The van der Waals surface area contributed by atoms with Crippen molar-refractivity contribution in [2.45, 2.75) is 37.6 Å². The van der Waals surface area contributed by atoms with Gasteiger partial charge in [0.05, 0.1) is 11.7 Å². The molecule has 1 aromatic heterocycles. The van der Waals surface area contributed by atoms with E-state index in [2.05, 4.69) is 5.32 Å². The summed E-state index contributed by atoms with van der Waals surface area (Å²) < 4.78 is 13.1. The summed E-state index contributed by atoms with van der Waals surface area (Å²) in [7, 11) is 0. The Morgan fingerprint density at radius 1 is 1.12 bits per heavy atom. The number of nitrogens with zero attached hydrogens (tertiary/aromatic N) is 3. The molecule has 0 radical (unpaired) electrons. The molecule has 3 heterocycles. The van der Waals surface area contributed by atoms with Gasteiger partial charge in [0, 0.05) is 18.4 Å². The number of nitrogens with one attached hydrogen (secondary N) is 1. The fourth-order valence-electron chi connectivity index (χ4n) is 3.24. The zero-order valence-corrected chi connectivity index (χ0v) is 13.2. The predicted molar refractivity (Wildman–Crippen MR) is 84.4 cm³/mol. The molecule has 7 heteroatoms. The standard InChI is InChI=1S/C17H18N4O3/c22-15-6-4-12(18-15)17-19-16(10-1-2-10)20-21(17)11-3-5-13-14(9-11)24-8-7-23-13/h3,5,9-10,12H,1-2,4,6-8H2,(H,18,22)/t12-/m1/s1. The van der Waals surface area contributed by atoms with E-state index in [1.165, 1.54) is 0 Å². The van der Waals surface area contributed by atoms with E-state index in [0.717, 1.165) is 48.1 Å². The molecule has 2 fully saturated rings. The average Bonchev–Trinajstić information content (AvgIpc) is 3.22. The molecule has 3 aliphatic rings. The molecule has 1 saturated heterocycles. The topological polar surface area (TPSA) is 78.3 Å². The Hall–Kier alpha value is -2.57. The Kier molecular flexibility index (Phi) is 3.01. The van der Waals surface area contributed by atoms with Gasteiger partial charge in [0.25, 0.3) is 0 Å². The lowest BCUT2D eigenvalue weighted by Gasteiger charge is -2.19. The first kappa shape index (κ1) is 13.8. The molecule has 1 saturated carbocycles. The Morgan fingerprint density at radius 3 is 2.71 bits per heavy atom. The summed E-state index contributed by atoms with van der Waals surface area (Å²) >= 11 is 0. The van der Waals surface area contributed by atoms with Crippen molar-refractivity contribution in [3.63, 3.8) is 0 Å². The van der Waals surface area contributed by atoms with Crippen LogP contribution < -0.4 is 14.8 Å². The van der Waals surface area contributed by atoms with Gasteiger partial charge in [-0.1, -0.05) is 0 Å². The van der Waals surface area contributed by atoms with Crippen LogP contribution in [0.3, 0.4) is 0 Å². The highest BCUT2D eigenvalue weighted by Crippen LogP contribution is 2.40. The number of rotatable bonds is 3. The van der Waals surface area contributed by atoms with Crippen LogP contribution in [0.1, 0.15) is 49.3 Å². The molecule has 2 aliphatic heterocycles. The fourth-order valence-corrected chi connectivity index (χ4v) is 3.24. The van der Waals surface area contributed by atoms with Gasteiger partial charge in [0.15, 0.2) is 23.1 Å². The van der Waals surface area contributed by atoms with Crippen LogP contribution in [0.15, 0.2) is 18.2 Å². The van der Waals surface area contributed by atoms with Gasteiger partial charge in [-0.05, 0) is 31.4 Å². The number of fused-ring (bicyclic) bond motifs is 1. The number of hydrogen-bond donors (Lipinski definition) is 1. The second-order valence-electron chi connectivity index (χ2n) is 6.50. The molecule has 5 rings (SSSR count). The van der Waals surface area contributed by atoms with Crippen LogP contribution in [0.5, 0.6) is 11.5 Å². The molecular formula is C17H18N4O3. The summed E-state index contributed by atoms with van der Waals surface area (Å²) in [5.74, 6) is 3.69. The highest BCUT2D eigenvalue weighted by atomic mass is 16.6. The van der Waals surface area contributed by atoms with Gasteiger partial charge in [0.1, 0.15) is 13.2 Å². The molecule has 1 aliphatic carbocycles. The molecule has 1 N–H and O–H groups in total.